The van der Waals surface area contributed by atoms with Crippen molar-refractivity contribution in [3.8, 4) is 5.75 Å². The number of carbonyl (C=O) groups is 1. The zero-order chi connectivity index (χ0) is 35.4. The fourth-order valence-electron chi connectivity index (χ4n) is 5.00. The van der Waals surface area contributed by atoms with Gasteiger partial charge in [0, 0.05) is 0 Å². The van der Waals surface area contributed by atoms with Crippen LogP contribution in [0, 0.1) is 13.8 Å². The molecule has 0 unspecified atom stereocenters. The maximum atomic E-state index is 12.5. The molecule has 258 valence electrons. The molecular formula is C44H51HfN2O3+. The van der Waals surface area contributed by atoms with Gasteiger partial charge in [0.15, 0.2) is 0 Å². The number of rotatable bonds is 12. The Morgan fingerprint density at radius 2 is 1.20 bits per heavy atom. The van der Waals surface area contributed by atoms with E-state index in [1.807, 2.05) is 97.1 Å². The van der Waals surface area contributed by atoms with E-state index in [0.717, 1.165) is 34.5 Å². The molecule has 0 saturated heterocycles. The smallest absolute Gasteiger partial charge is 0.683 e. The molecule has 0 amide bonds. The van der Waals surface area contributed by atoms with E-state index < -0.39 is 5.97 Å². The van der Waals surface area contributed by atoms with Gasteiger partial charge in [0.05, 0.1) is 0 Å². The summed E-state index contributed by atoms with van der Waals surface area (Å²) in [6.45, 7) is 18.5. The van der Waals surface area contributed by atoms with E-state index in [1.165, 1.54) is 11.1 Å². The first-order valence-electron chi connectivity index (χ1n) is 16.9. The molecule has 0 heterocycles. The fraction of sp³-hybridized carbons (Fsp3) is 0.250. The van der Waals surface area contributed by atoms with Gasteiger partial charge < -0.3 is 20.5 Å². The Morgan fingerprint density at radius 3 is 1.68 bits per heavy atom. The fourth-order valence-corrected chi connectivity index (χ4v) is 5.00. The molecule has 0 aliphatic carbocycles. The number of phenolic OH excluding ortho intramolecular Hbond substituents is 1. The van der Waals surface area contributed by atoms with Crippen molar-refractivity contribution in [3.05, 3.63) is 186 Å². The maximum absolute atomic E-state index is 12.5. The summed E-state index contributed by atoms with van der Waals surface area (Å²) in [6, 6.07) is 40.9. The minimum absolute atomic E-state index is 0. The molecule has 6 heteroatoms. The van der Waals surface area contributed by atoms with Crippen molar-refractivity contribution in [2.75, 3.05) is 19.6 Å². The number of benzene rings is 5. The number of carbonyl (C=O) groups excluding carboxylic acids is 1. The van der Waals surface area contributed by atoms with E-state index in [1.54, 1.807) is 12.1 Å². The predicted molar refractivity (Wildman–Crippen MR) is 205 cm³/mol. The number of nitrogens with one attached hydrogen (secondary N) is 1. The van der Waals surface area contributed by atoms with E-state index in [9.17, 15) is 9.90 Å². The van der Waals surface area contributed by atoms with Gasteiger partial charge in [-0.2, -0.15) is 49.2 Å². The molecule has 5 aromatic carbocycles. The third kappa shape index (κ3) is 14.7. The molecule has 5 aromatic rings. The monoisotopic (exact) mass is 835 g/mol. The van der Waals surface area contributed by atoms with Gasteiger partial charge in [0.2, 0.25) is 0 Å². The van der Waals surface area contributed by atoms with Crippen LogP contribution in [0.25, 0.3) is 5.32 Å². The number of hydrogen-bond acceptors (Lipinski definition) is 4. The van der Waals surface area contributed by atoms with Crippen molar-refractivity contribution >= 4 is 11.7 Å². The Kier molecular flexibility index (Phi) is 19.4. The van der Waals surface area contributed by atoms with Crippen LogP contribution in [0.5, 0.6) is 5.75 Å². The van der Waals surface area contributed by atoms with E-state index in [4.69, 9.17) is 10.1 Å². The first kappa shape index (κ1) is 41.9. The number of hydrogen-bond donors (Lipinski definition) is 2. The van der Waals surface area contributed by atoms with Gasteiger partial charge in [0.25, 0.3) is 0 Å². The molecular weight excluding hydrogens is 783 g/mol. The molecule has 50 heavy (non-hydrogen) atoms. The van der Waals surface area contributed by atoms with Crippen molar-refractivity contribution < 1.29 is 40.5 Å². The van der Waals surface area contributed by atoms with Crippen LogP contribution in [0.1, 0.15) is 83.3 Å². The van der Waals surface area contributed by atoms with Gasteiger partial charge in [-0.25, -0.2) is 4.79 Å². The van der Waals surface area contributed by atoms with Crippen LogP contribution in [-0.2, 0) is 43.6 Å². The zero-order valence-corrected chi connectivity index (χ0v) is 33.5. The molecule has 0 radical (unpaired) electrons. The van der Waals surface area contributed by atoms with E-state index in [2.05, 4.69) is 65.1 Å². The van der Waals surface area contributed by atoms with Crippen LogP contribution in [0.3, 0.4) is 0 Å². The molecule has 0 aromatic heterocycles. The van der Waals surface area contributed by atoms with Crippen molar-refractivity contribution in [2.45, 2.75) is 52.6 Å². The van der Waals surface area contributed by atoms with Crippen molar-refractivity contribution in [1.82, 2.24) is 5.32 Å². The largest absolute Gasteiger partial charge is 4.00 e. The topological polar surface area (TPSA) is 72.7 Å². The number of nitrogens with zero attached hydrogens (tertiary/aromatic N) is 1. The van der Waals surface area contributed by atoms with Gasteiger partial charge in [-0.05, 0) is 48.5 Å². The van der Waals surface area contributed by atoms with Crippen LogP contribution in [0.15, 0.2) is 127 Å². The minimum Gasteiger partial charge on any atom is -0.683 e. The van der Waals surface area contributed by atoms with Crippen molar-refractivity contribution in [3.63, 3.8) is 0 Å². The summed E-state index contributed by atoms with van der Waals surface area (Å²) in [7, 11) is 0. The first-order valence-corrected chi connectivity index (χ1v) is 16.9. The van der Waals surface area contributed by atoms with Crippen molar-refractivity contribution in [1.29, 1.82) is 0 Å². The summed E-state index contributed by atoms with van der Waals surface area (Å²) in [6.07, 6.45) is 0.603. The zero-order valence-electron chi connectivity index (χ0n) is 29.9. The maximum Gasteiger partial charge on any atom is 4.00 e. The molecule has 5 rings (SSSR count). The molecule has 2 N–H and O–H groups in total. The summed E-state index contributed by atoms with van der Waals surface area (Å²) in [5, 5.41) is 18.9. The van der Waals surface area contributed by atoms with Gasteiger partial charge >= 0.3 is 31.8 Å². The Morgan fingerprint density at radius 1 is 0.700 bits per heavy atom. The molecule has 0 fully saturated rings. The van der Waals surface area contributed by atoms with Crippen LogP contribution in [0.4, 0.5) is 5.69 Å². The standard InChI is InChI=1S/C30H37N2O3.2C7H7.Hf/c1-21(2)25-13-9-14-26(22(3)4)28(25)32-19-18-31-17-16-24-12-8-15-27(29(24)33)30(34)35-20-23-10-6-5-7-11-23;2*1-7-5-3-2-4-6-7;/h5-15,21-22,31H,16-20H2,1-4H3,(H,33,34);2*2-6H,1H2;/q3*-1;+4. The number of ether oxygens (including phenoxy) is 1. The number of para-hydroxylation sites is 2. The van der Waals surface area contributed by atoms with Crippen LogP contribution in [-0.4, -0.2) is 30.7 Å². The van der Waals surface area contributed by atoms with Gasteiger partial charge in [-0.15, -0.1) is 36.5 Å². The van der Waals surface area contributed by atoms with Crippen LogP contribution in [0.2, 0.25) is 0 Å². The van der Waals surface area contributed by atoms with Crippen LogP contribution >= 0.6 is 0 Å². The Bertz CT molecular complexity index is 1600. The Balaban J connectivity index is 0.000000475. The van der Waals surface area contributed by atoms with Crippen LogP contribution < -0.4 is 5.32 Å². The van der Waals surface area contributed by atoms with Gasteiger partial charge in [-0.3, -0.25) is 0 Å². The SMILES string of the molecule is CC(C)c1cccc(C(C)C)c1[N-]CCNCCc1cccc(C(=O)OCc2ccccc2)c1O.[CH2-]c1ccccc1.[CH2-]c1ccccc1.[Hf+4]. The molecule has 0 atom stereocenters. The summed E-state index contributed by atoms with van der Waals surface area (Å²) in [5.74, 6) is 0.319. The summed E-state index contributed by atoms with van der Waals surface area (Å²) >= 11 is 0. The number of aromatic hydroxyl groups is 1. The molecule has 0 saturated carbocycles. The Hall–Kier alpha value is -4.26. The second-order valence-corrected chi connectivity index (χ2v) is 12.3. The molecule has 5 nitrogen and oxygen atoms in total. The molecule has 0 bridgehead atoms. The van der Waals surface area contributed by atoms with E-state index in [0.29, 0.717) is 31.3 Å². The Labute approximate surface area is 319 Å². The number of phenols is 1. The van der Waals surface area contributed by atoms with Gasteiger partial charge in [0.1, 0.15) is 17.9 Å². The normalized spacial score (nSPS) is 10.2. The van der Waals surface area contributed by atoms with Gasteiger partial charge in [-0.1, -0.05) is 112 Å². The average molecular weight is 834 g/mol. The second-order valence-electron chi connectivity index (χ2n) is 12.3. The summed E-state index contributed by atoms with van der Waals surface area (Å²) in [4.78, 5) is 12.5. The first-order chi connectivity index (χ1) is 23.7. The summed E-state index contributed by atoms with van der Waals surface area (Å²) < 4.78 is 5.38. The predicted octanol–water partition coefficient (Wildman–Crippen LogP) is 10.6. The van der Waals surface area contributed by atoms with E-state index in [-0.39, 0.29) is 43.8 Å². The third-order valence-electron chi connectivity index (χ3n) is 7.71. The minimum atomic E-state index is -0.523. The van der Waals surface area contributed by atoms with Crippen molar-refractivity contribution in [2.24, 2.45) is 0 Å². The quantitative estimate of drug-likeness (QED) is 0.0568. The average Bonchev–Trinajstić information content (AvgIpc) is 3.11. The second kappa shape index (κ2) is 23.2. The molecule has 0 aliphatic heterocycles. The molecule has 0 spiro atoms. The summed E-state index contributed by atoms with van der Waals surface area (Å²) in [5.41, 5.74) is 7.66. The van der Waals surface area contributed by atoms with E-state index >= 15 is 0 Å². The third-order valence-corrected chi connectivity index (χ3v) is 7.71. The molecule has 0 aliphatic rings. The number of esters is 1.